The van der Waals surface area contributed by atoms with Crippen LogP contribution in [0, 0.1) is 25.6 Å². The van der Waals surface area contributed by atoms with Crippen LogP contribution >= 0.6 is 0 Å². The van der Waals surface area contributed by atoms with Crippen molar-refractivity contribution in [1.29, 1.82) is 0 Å². The Morgan fingerprint density at radius 3 is 2.50 bits per heavy atom. The van der Waals surface area contributed by atoms with Gasteiger partial charge in [-0.05, 0) is 74.5 Å². The first kappa shape index (κ1) is 20.3. The molecule has 1 aliphatic rings. The van der Waals surface area contributed by atoms with E-state index in [2.05, 4.69) is 47.6 Å². The second-order valence-electron chi connectivity index (χ2n) is 7.84. The highest BCUT2D eigenvalue weighted by Crippen LogP contribution is 2.20. The fourth-order valence-corrected chi connectivity index (χ4v) is 3.64. The first-order valence-electron chi connectivity index (χ1n) is 10.0. The van der Waals surface area contributed by atoms with E-state index in [1.165, 1.54) is 28.8 Å². The van der Waals surface area contributed by atoms with Gasteiger partial charge in [0.25, 0.3) is 0 Å². The maximum absolute atomic E-state index is 12.9. The van der Waals surface area contributed by atoms with Crippen molar-refractivity contribution in [1.82, 2.24) is 15.5 Å². The Hall–Kier alpha value is -2.40. The molecule has 2 aromatic carbocycles. The number of aryl methyl sites for hydroxylation is 2. The molecular formula is C23H30FN3O. The lowest BCUT2D eigenvalue weighted by molar-refractivity contribution is 0.174. The van der Waals surface area contributed by atoms with E-state index < -0.39 is 0 Å². The van der Waals surface area contributed by atoms with Gasteiger partial charge in [-0.25, -0.2) is 9.18 Å². The lowest BCUT2D eigenvalue weighted by Gasteiger charge is -2.32. The summed E-state index contributed by atoms with van der Waals surface area (Å²) in [7, 11) is 0. The van der Waals surface area contributed by atoms with Crippen LogP contribution in [0.1, 0.15) is 35.1 Å². The average Bonchev–Trinajstić information content (AvgIpc) is 2.70. The van der Waals surface area contributed by atoms with E-state index in [0.717, 1.165) is 38.0 Å². The SMILES string of the molecule is Cc1ccc(C)c(CN2CCC(CNC(=O)NCc3ccc(F)cc3)CC2)c1. The smallest absolute Gasteiger partial charge is 0.315 e. The van der Waals surface area contributed by atoms with Crippen molar-refractivity contribution in [3.05, 3.63) is 70.5 Å². The van der Waals surface area contributed by atoms with Crippen LogP contribution in [-0.4, -0.2) is 30.6 Å². The van der Waals surface area contributed by atoms with Crippen molar-refractivity contribution in [2.75, 3.05) is 19.6 Å². The van der Waals surface area contributed by atoms with Crippen LogP contribution in [0.25, 0.3) is 0 Å². The summed E-state index contributed by atoms with van der Waals surface area (Å²) in [5, 5.41) is 5.80. The van der Waals surface area contributed by atoms with Crippen molar-refractivity contribution in [2.45, 2.75) is 39.8 Å². The molecule has 150 valence electrons. The number of piperidine rings is 1. The lowest BCUT2D eigenvalue weighted by Crippen LogP contribution is -2.41. The molecule has 1 saturated heterocycles. The molecule has 0 radical (unpaired) electrons. The van der Waals surface area contributed by atoms with E-state index in [-0.39, 0.29) is 11.8 Å². The van der Waals surface area contributed by atoms with Gasteiger partial charge >= 0.3 is 6.03 Å². The minimum absolute atomic E-state index is 0.165. The van der Waals surface area contributed by atoms with Crippen molar-refractivity contribution in [3.63, 3.8) is 0 Å². The second-order valence-corrected chi connectivity index (χ2v) is 7.84. The van der Waals surface area contributed by atoms with Gasteiger partial charge < -0.3 is 10.6 Å². The highest BCUT2D eigenvalue weighted by Gasteiger charge is 2.20. The number of amides is 2. The van der Waals surface area contributed by atoms with E-state index in [1.807, 2.05) is 0 Å². The van der Waals surface area contributed by atoms with Crippen LogP contribution in [0.2, 0.25) is 0 Å². The molecule has 0 atom stereocenters. The number of hydrogen-bond acceptors (Lipinski definition) is 2. The summed E-state index contributed by atoms with van der Waals surface area (Å²) in [5.74, 6) is 0.253. The van der Waals surface area contributed by atoms with Gasteiger partial charge in [0.1, 0.15) is 5.82 Å². The Morgan fingerprint density at radius 1 is 1.07 bits per heavy atom. The number of benzene rings is 2. The van der Waals surface area contributed by atoms with Gasteiger partial charge in [-0.3, -0.25) is 4.90 Å². The average molecular weight is 384 g/mol. The fraction of sp³-hybridized carbons (Fsp3) is 0.435. The minimum Gasteiger partial charge on any atom is -0.338 e. The van der Waals surface area contributed by atoms with Gasteiger partial charge in [0, 0.05) is 19.6 Å². The molecule has 3 rings (SSSR count). The molecule has 1 fully saturated rings. The molecule has 0 saturated carbocycles. The number of likely N-dealkylation sites (tertiary alicyclic amines) is 1. The van der Waals surface area contributed by atoms with Gasteiger partial charge in [-0.1, -0.05) is 35.9 Å². The van der Waals surface area contributed by atoms with Crippen LogP contribution in [0.3, 0.4) is 0 Å². The molecule has 1 aliphatic heterocycles. The first-order valence-corrected chi connectivity index (χ1v) is 10.0. The van der Waals surface area contributed by atoms with Gasteiger partial charge in [-0.2, -0.15) is 0 Å². The highest BCUT2D eigenvalue weighted by molar-refractivity contribution is 5.73. The van der Waals surface area contributed by atoms with E-state index in [1.54, 1.807) is 12.1 Å². The third-order valence-corrected chi connectivity index (χ3v) is 5.52. The number of nitrogens with zero attached hydrogens (tertiary/aromatic N) is 1. The van der Waals surface area contributed by atoms with Gasteiger partial charge in [0.05, 0.1) is 0 Å². The normalized spacial score (nSPS) is 15.4. The third-order valence-electron chi connectivity index (χ3n) is 5.52. The Morgan fingerprint density at radius 2 is 1.79 bits per heavy atom. The Bertz CT molecular complexity index is 783. The first-order chi connectivity index (χ1) is 13.5. The predicted molar refractivity (Wildman–Crippen MR) is 111 cm³/mol. The van der Waals surface area contributed by atoms with Gasteiger partial charge in [0.15, 0.2) is 0 Å². The molecule has 2 N–H and O–H groups in total. The Kier molecular flexibility index (Phi) is 7.04. The van der Waals surface area contributed by atoms with Crippen molar-refractivity contribution < 1.29 is 9.18 Å². The van der Waals surface area contributed by atoms with Crippen LogP contribution in [0.5, 0.6) is 0 Å². The van der Waals surface area contributed by atoms with E-state index in [4.69, 9.17) is 0 Å². The Balaban J connectivity index is 1.35. The zero-order valence-corrected chi connectivity index (χ0v) is 16.8. The van der Waals surface area contributed by atoms with Crippen LogP contribution < -0.4 is 10.6 Å². The quantitative estimate of drug-likeness (QED) is 0.787. The molecular weight excluding hydrogens is 353 g/mol. The van der Waals surface area contributed by atoms with Crippen molar-refractivity contribution in [3.8, 4) is 0 Å². The van der Waals surface area contributed by atoms with E-state index in [9.17, 15) is 9.18 Å². The lowest BCUT2D eigenvalue weighted by atomic mass is 9.96. The van der Waals surface area contributed by atoms with Crippen LogP contribution in [0.15, 0.2) is 42.5 Å². The maximum Gasteiger partial charge on any atom is 0.315 e. The number of hydrogen-bond donors (Lipinski definition) is 2. The zero-order valence-electron chi connectivity index (χ0n) is 16.8. The molecule has 0 spiro atoms. The van der Waals surface area contributed by atoms with Crippen molar-refractivity contribution >= 4 is 6.03 Å². The summed E-state index contributed by atoms with van der Waals surface area (Å²) in [6.45, 7) is 8.56. The molecule has 0 aromatic heterocycles. The molecule has 0 unspecified atom stereocenters. The maximum atomic E-state index is 12.9. The molecule has 5 heteroatoms. The number of nitrogens with one attached hydrogen (secondary N) is 2. The number of rotatable bonds is 6. The predicted octanol–water partition coefficient (Wildman–Crippen LogP) is 4.15. The summed E-state index contributed by atoms with van der Waals surface area (Å²) in [6, 6.07) is 12.7. The van der Waals surface area contributed by atoms with Crippen LogP contribution in [0.4, 0.5) is 9.18 Å². The molecule has 1 heterocycles. The van der Waals surface area contributed by atoms with Crippen LogP contribution in [-0.2, 0) is 13.1 Å². The number of urea groups is 1. The molecule has 0 bridgehead atoms. The topological polar surface area (TPSA) is 44.4 Å². The second kappa shape index (κ2) is 9.69. The highest BCUT2D eigenvalue weighted by atomic mass is 19.1. The molecule has 28 heavy (non-hydrogen) atoms. The Labute approximate surface area is 167 Å². The standard InChI is InChI=1S/C23H30FN3O/c1-17-3-4-18(2)21(13-17)16-27-11-9-20(10-12-27)15-26-23(28)25-14-19-5-7-22(24)8-6-19/h3-8,13,20H,9-12,14-16H2,1-2H3,(H2,25,26,28). The third kappa shape index (κ3) is 6.06. The molecule has 2 aromatic rings. The molecule has 0 aliphatic carbocycles. The summed E-state index contributed by atoms with van der Waals surface area (Å²) in [6.07, 6.45) is 2.20. The summed E-state index contributed by atoms with van der Waals surface area (Å²) < 4.78 is 12.9. The monoisotopic (exact) mass is 383 g/mol. The molecule has 4 nitrogen and oxygen atoms in total. The van der Waals surface area contributed by atoms with Gasteiger partial charge in [-0.15, -0.1) is 0 Å². The summed E-state index contributed by atoms with van der Waals surface area (Å²) >= 11 is 0. The number of carbonyl (C=O) groups excluding carboxylic acids is 1. The van der Waals surface area contributed by atoms with E-state index in [0.29, 0.717) is 19.0 Å². The number of halogens is 1. The largest absolute Gasteiger partial charge is 0.338 e. The fourth-order valence-electron chi connectivity index (χ4n) is 3.64. The van der Waals surface area contributed by atoms with Gasteiger partial charge in [0.2, 0.25) is 0 Å². The summed E-state index contributed by atoms with van der Waals surface area (Å²) in [4.78, 5) is 14.5. The van der Waals surface area contributed by atoms with Crippen molar-refractivity contribution in [2.24, 2.45) is 5.92 Å². The summed E-state index contributed by atoms with van der Waals surface area (Å²) in [5.41, 5.74) is 4.96. The zero-order chi connectivity index (χ0) is 19.9. The minimum atomic E-state index is -0.267. The number of carbonyl (C=O) groups is 1. The van der Waals surface area contributed by atoms with E-state index >= 15 is 0 Å². The molecule has 2 amide bonds.